The first kappa shape index (κ1) is 5.89. The van der Waals surface area contributed by atoms with Crippen molar-refractivity contribution in [2.45, 2.75) is 5.08 Å². The molecular formula is C2H2Br2F. The van der Waals surface area contributed by atoms with Crippen molar-refractivity contribution in [3.05, 3.63) is 5.33 Å². The second-order valence-corrected chi connectivity index (χ2v) is 1.86. The molecule has 0 saturated heterocycles. The summed E-state index contributed by atoms with van der Waals surface area (Å²) >= 11 is 5.37. The molecule has 1 unspecified atom stereocenters. The lowest BCUT2D eigenvalue weighted by atomic mass is 10.9. The lowest BCUT2D eigenvalue weighted by molar-refractivity contribution is 0.522. The average Bonchev–Trinajstić information content (AvgIpc) is 1.38. The summed E-state index contributed by atoms with van der Waals surface area (Å²) in [6.45, 7) is 0. The van der Waals surface area contributed by atoms with E-state index >= 15 is 0 Å². The molecule has 0 rings (SSSR count). The molecule has 0 saturated carbocycles. The Hall–Kier alpha value is 0.890. The number of alkyl halides is 2. The zero-order chi connectivity index (χ0) is 4.28. The molecule has 0 aromatic rings. The van der Waals surface area contributed by atoms with Crippen LogP contribution in [0.25, 0.3) is 0 Å². The van der Waals surface area contributed by atoms with Gasteiger partial charge in [0.15, 0.2) is 5.08 Å². The van der Waals surface area contributed by atoms with Gasteiger partial charge in [-0.05, 0) is 0 Å². The lowest BCUT2D eigenvalue weighted by Gasteiger charge is -1.81. The minimum atomic E-state index is -1.01. The molecular weight excluding hydrogens is 203 g/mol. The topological polar surface area (TPSA) is 0 Å². The molecule has 0 heterocycles. The molecule has 0 fully saturated rings. The van der Waals surface area contributed by atoms with Gasteiger partial charge in [0.2, 0.25) is 0 Å². The highest BCUT2D eigenvalue weighted by Gasteiger charge is 1.90. The van der Waals surface area contributed by atoms with E-state index in [2.05, 4.69) is 31.9 Å². The van der Waals surface area contributed by atoms with Crippen LogP contribution in [-0.4, -0.2) is 5.08 Å². The first-order valence-electron chi connectivity index (χ1n) is 0.988. The van der Waals surface area contributed by atoms with Crippen LogP contribution in [0.2, 0.25) is 0 Å². The molecule has 31 valence electrons. The summed E-state index contributed by atoms with van der Waals surface area (Å²) in [5.74, 6) is 0. The maximum Gasteiger partial charge on any atom is 0.168 e. The van der Waals surface area contributed by atoms with Crippen LogP contribution < -0.4 is 0 Å². The van der Waals surface area contributed by atoms with E-state index in [4.69, 9.17) is 0 Å². The molecule has 0 aromatic heterocycles. The summed E-state index contributed by atoms with van der Waals surface area (Å²) in [7, 11) is 0. The van der Waals surface area contributed by atoms with Gasteiger partial charge < -0.3 is 0 Å². The molecule has 0 aliphatic carbocycles. The molecule has 0 aromatic carbocycles. The van der Waals surface area contributed by atoms with Crippen LogP contribution in [0, 0.1) is 5.33 Å². The number of hydrogen-bond donors (Lipinski definition) is 0. The van der Waals surface area contributed by atoms with E-state index in [1.807, 2.05) is 0 Å². The molecule has 0 nitrogen and oxygen atoms in total. The van der Waals surface area contributed by atoms with E-state index in [0.717, 1.165) is 0 Å². The van der Waals surface area contributed by atoms with Gasteiger partial charge in [0.05, 0.1) is 5.33 Å². The molecule has 0 amide bonds. The predicted octanol–water partition coefficient (Wildman–Crippen LogP) is 2.23. The van der Waals surface area contributed by atoms with E-state index in [9.17, 15) is 4.39 Å². The van der Waals surface area contributed by atoms with Gasteiger partial charge in [-0.15, -0.1) is 0 Å². The van der Waals surface area contributed by atoms with Gasteiger partial charge in [0.25, 0.3) is 0 Å². The van der Waals surface area contributed by atoms with E-state index in [1.165, 1.54) is 5.33 Å². The molecule has 0 N–H and O–H groups in total. The second-order valence-electron chi connectivity index (χ2n) is 0.460. The predicted molar refractivity (Wildman–Crippen MR) is 27.0 cm³/mol. The fraction of sp³-hybridized carbons (Fsp3) is 0.500. The first-order valence-corrected chi connectivity index (χ1v) is 2.82. The van der Waals surface area contributed by atoms with Gasteiger partial charge in [0, 0.05) is 0 Å². The summed E-state index contributed by atoms with van der Waals surface area (Å²) in [4.78, 5) is 0. The van der Waals surface area contributed by atoms with Gasteiger partial charge in [-0.3, -0.25) is 0 Å². The van der Waals surface area contributed by atoms with Crippen LogP contribution in [0.15, 0.2) is 0 Å². The summed E-state index contributed by atoms with van der Waals surface area (Å²) < 4.78 is 11.2. The SMILES string of the molecule is FC(Br)[CH]Br. The summed E-state index contributed by atoms with van der Waals surface area (Å²) in [5.41, 5.74) is 0. The van der Waals surface area contributed by atoms with Crippen molar-refractivity contribution >= 4 is 31.9 Å². The van der Waals surface area contributed by atoms with Gasteiger partial charge in [-0.2, -0.15) is 0 Å². The Morgan fingerprint density at radius 3 is 2.00 bits per heavy atom. The van der Waals surface area contributed by atoms with Crippen molar-refractivity contribution in [2.75, 3.05) is 0 Å². The van der Waals surface area contributed by atoms with Crippen LogP contribution in [0.1, 0.15) is 0 Å². The van der Waals surface area contributed by atoms with E-state index in [1.54, 1.807) is 0 Å². The fourth-order valence-electron chi connectivity index (χ4n) is 0. The van der Waals surface area contributed by atoms with Gasteiger partial charge in [-0.25, -0.2) is 4.39 Å². The highest BCUT2D eigenvalue weighted by molar-refractivity contribution is 9.13. The molecule has 0 spiro atoms. The Balaban J connectivity index is 2.54. The smallest absolute Gasteiger partial charge is 0.168 e. The molecule has 3 heteroatoms. The average molecular weight is 205 g/mol. The van der Waals surface area contributed by atoms with Crippen molar-refractivity contribution in [3.63, 3.8) is 0 Å². The Morgan fingerprint density at radius 1 is 1.80 bits per heavy atom. The normalized spacial score (nSPS) is 15.0. The molecule has 0 aliphatic rings. The minimum absolute atomic E-state index is 1.01. The molecule has 0 bridgehead atoms. The second kappa shape index (κ2) is 3.09. The van der Waals surface area contributed by atoms with Crippen molar-refractivity contribution in [1.82, 2.24) is 0 Å². The maximum atomic E-state index is 11.2. The number of halogens is 3. The molecule has 1 atom stereocenters. The Kier molecular flexibility index (Phi) is 3.65. The van der Waals surface area contributed by atoms with Crippen LogP contribution >= 0.6 is 31.9 Å². The van der Waals surface area contributed by atoms with E-state index in [-0.39, 0.29) is 0 Å². The standard InChI is InChI=1S/C2H2Br2F/c3-1-2(4)5/h1-2H. The maximum absolute atomic E-state index is 11.2. The van der Waals surface area contributed by atoms with Crippen molar-refractivity contribution < 1.29 is 4.39 Å². The minimum Gasteiger partial charge on any atom is -0.234 e. The summed E-state index contributed by atoms with van der Waals surface area (Å²) in [6.07, 6.45) is 0. The highest BCUT2D eigenvalue weighted by atomic mass is 79.9. The number of hydrogen-bond acceptors (Lipinski definition) is 0. The van der Waals surface area contributed by atoms with Crippen LogP contribution in [0.3, 0.4) is 0 Å². The molecule has 5 heavy (non-hydrogen) atoms. The quantitative estimate of drug-likeness (QED) is 0.575. The van der Waals surface area contributed by atoms with Crippen molar-refractivity contribution in [1.29, 1.82) is 0 Å². The zero-order valence-corrected chi connectivity index (χ0v) is 5.46. The van der Waals surface area contributed by atoms with Crippen LogP contribution in [0.5, 0.6) is 0 Å². The number of rotatable bonds is 1. The van der Waals surface area contributed by atoms with Crippen LogP contribution in [0.4, 0.5) is 4.39 Å². The van der Waals surface area contributed by atoms with Gasteiger partial charge >= 0.3 is 0 Å². The van der Waals surface area contributed by atoms with Crippen LogP contribution in [-0.2, 0) is 0 Å². The lowest BCUT2D eigenvalue weighted by Crippen LogP contribution is -1.75. The Labute approximate surface area is 47.0 Å². The third-order valence-corrected chi connectivity index (χ3v) is 1.53. The molecule has 1 radical (unpaired) electrons. The summed E-state index contributed by atoms with van der Waals surface area (Å²) in [5, 5.41) is 0.218. The van der Waals surface area contributed by atoms with Gasteiger partial charge in [0.1, 0.15) is 0 Å². The largest absolute Gasteiger partial charge is 0.234 e. The van der Waals surface area contributed by atoms with Gasteiger partial charge in [-0.1, -0.05) is 31.9 Å². The van der Waals surface area contributed by atoms with E-state index in [0.29, 0.717) is 0 Å². The monoisotopic (exact) mass is 203 g/mol. The third kappa shape index (κ3) is 4.89. The third-order valence-electron chi connectivity index (χ3n) is 0.0952. The first-order chi connectivity index (χ1) is 2.27. The zero-order valence-electron chi connectivity index (χ0n) is 2.29. The fourth-order valence-corrected chi connectivity index (χ4v) is 0. The highest BCUT2D eigenvalue weighted by Crippen LogP contribution is 2.07. The van der Waals surface area contributed by atoms with E-state index < -0.39 is 5.08 Å². The Bertz CT molecular complexity index is 21.6. The van der Waals surface area contributed by atoms with Crippen molar-refractivity contribution in [3.8, 4) is 0 Å². The summed E-state index contributed by atoms with van der Waals surface area (Å²) in [6, 6.07) is 0. The molecule has 0 aliphatic heterocycles. The Morgan fingerprint density at radius 2 is 2.00 bits per heavy atom. The van der Waals surface area contributed by atoms with Crippen molar-refractivity contribution in [2.24, 2.45) is 0 Å².